The van der Waals surface area contributed by atoms with Crippen molar-refractivity contribution in [1.82, 2.24) is 20.1 Å². The van der Waals surface area contributed by atoms with Crippen LogP contribution in [0.1, 0.15) is 24.2 Å². The van der Waals surface area contributed by atoms with E-state index < -0.39 is 0 Å². The van der Waals surface area contributed by atoms with Crippen molar-refractivity contribution in [2.45, 2.75) is 26.4 Å². The fraction of sp³-hybridized carbons (Fsp3) is 0.357. The average Bonchev–Trinajstić information content (AvgIpc) is 2.91. The van der Waals surface area contributed by atoms with Gasteiger partial charge < -0.3 is 5.32 Å². The molecule has 0 aliphatic rings. The van der Waals surface area contributed by atoms with Gasteiger partial charge in [-0.1, -0.05) is 37.6 Å². The van der Waals surface area contributed by atoms with Crippen molar-refractivity contribution < 1.29 is 4.79 Å². The van der Waals surface area contributed by atoms with E-state index in [1.807, 2.05) is 0 Å². The van der Waals surface area contributed by atoms with Gasteiger partial charge in [-0.3, -0.25) is 9.48 Å². The van der Waals surface area contributed by atoms with E-state index in [2.05, 4.69) is 29.2 Å². The quantitative estimate of drug-likeness (QED) is 0.920. The Hall–Kier alpha value is -1.88. The van der Waals surface area contributed by atoms with Gasteiger partial charge in [-0.05, 0) is 18.1 Å². The topological polar surface area (TPSA) is 59.8 Å². The summed E-state index contributed by atoms with van der Waals surface area (Å²) in [5.41, 5.74) is 0.485. The lowest BCUT2D eigenvalue weighted by Gasteiger charge is -2.22. The van der Waals surface area contributed by atoms with Gasteiger partial charge in [-0.15, -0.1) is 0 Å². The van der Waals surface area contributed by atoms with Gasteiger partial charge in [0, 0.05) is 0 Å². The molecule has 0 radical (unpaired) electrons. The molecule has 5 nitrogen and oxygen atoms in total. The fourth-order valence-electron chi connectivity index (χ4n) is 1.84. The Balaban J connectivity index is 2.08. The Morgan fingerprint density at radius 3 is 2.75 bits per heavy atom. The Kier molecular flexibility index (Phi) is 4.74. The summed E-state index contributed by atoms with van der Waals surface area (Å²) in [6.07, 6.45) is 3.12. The van der Waals surface area contributed by atoms with Crippen LogP contribution in [0.4, 0.5) is 0 Å². The van der Waals surface area contributed by atoms with Crippen LogP contribution in [0.3, 0.4) is 0 Å². The molecule has 0 unspecified atom stereocenters. The third kappa shape index (κ3) is 3.57. The number of hydrogen-bond acceptors (Lipinski definition) is 3. The summed E-state index contributed by atoms with van der Waals surface area (Å²) in [4.78, 5) is 16.2. The molecule has 0 aliphatic heterocycles. The van der Waals surface area contributed by atoms with E-state index in [4.69, 9.17) is 11.6 Å². The third-order valence-electron chi connectivity index (χ3n) is 3.09. The maximum absolute atomic E-state index is 12.3. The predicted molar refractivity (Wildman–Crippen MR) is 77.6 cm³/mol. The zero-order valence-corrected chi connectivity index (χ0v) is 12.2. The third-order valence-corrected chi connectivity index (χ3v) is 3.42. The molecule has 1 aromatic carbocycles. The van der Waals surface area contributed by atoms with E-state index in [1.165, 1.54) is 6.33 Å². The minimum Gasteiger partial charge on any atom is -0.347 e. The Bertz CT molecular complexity index is 568. The molecule has 20 heavy (non-hydrogen) atoms. The lowest BCUT2D eigenvalue weighted by atomic mass is 10.0. The second-order valence-electron chi connectivity index (χ2n) is 4.92. The number of nitrogens with one attached hydrogen (secondary N) is 1. The lowest BCUT2D eigenvalue weighted by molar-refractivity contribution is 0.0919. The Morgan fingerprint density at radius 1 is 1.40 bits per heavy atom. The zero-order valence-electron chi connectivity index (χ0n) is 11.5. The van der Waals surface area contributed by atoms with Gasteiger partial charge in [-0.25, -0.2) is 4.98 Å². The molecule has 1 N–H and O–H groups in total. The van der Waals surface area contributed by atoms with Crippen LogP contribution in [0.2, 0.25) is 5.02 Å². The van der Waals surface area contributed by atoms with Gasteiger partial charge >= 0.3 is 0 Å². The minimum atomic E-state index is -0.172. The van der Waals surface area contributed by atoms with Crippen molar-refractivity contribution in [3.05, 3.63) is 47.5 Å². The number of nitrogens with zero attached hydrogens (tertiary/aromatic N) is 3. The number of amides is 1. The van der Waals surface area contributed by atoms with Crippen molar-refractivity contribution in [1.29, 1.82) is 0 Å². The van der Waals surface area contributed by atoms with Crippen molar-refractivity contribution >= 4 is 17.5 Å². The monoisotopic (exact) mass is 292 g/mol. The van der Waals surface area contributed by atoms with Crippen molar-refractivity contribution in [2.75, 3.05) is 0 Å². The molecule has 6 heteroatoms. The second kappa shape index (κ2) is 6.52. The first-order valence-corrected chi connectivity index (χ1v) is 6.83. The molecule has 106 valence electrons. The molecule has 2 rings (SSSR count). The minimum absolute atomic E-state index is 0.0412. The van der Waals surface area contributed by atoms with Crippen LogP contribution in [0.25, 0.3) is 0 Å². The number of carbonyl (C=O) groups excluding carboxylic acids is 1. The highest BCUT2D eigenvalue weighted by atomic mass is 35.5. The number of carbonyl (C=O) groups is 1. The van der Waals surface area contributed by atoms with E-state index in [0.717, 1.165) is 0 Å². The van der Waals surface area contributed by atoms with Crippen LogP contribution in [0.15, 0.2) is 36.9 Å². The van der Waals surface area contributed by atoms with E-state index in [9.17, 15) is 4.79 Å². The van der Waals surface area contributed by atoms with Crippen LogP contribution in [0.5, 0.6) is 0 Å². The molecule has 0 saturated heterocycles. The average molecular weight is 293 g/mol. The van der Waals surface area contributed by atoms with Gasteiger partial charge in [-0.2, -0.15) is 5.10 Å². The van der Waals surface area contributed by atoms with Crippen molar-refractivity contribution in [3.63, 3.8) is 0 Å². The smallest absolute Gasteiger partial charge is 0.253 e. The van der Waals surface area contributed by atoms with Gasteiger partial charge in [0.05, 0.1) is 23.2 Å². The molecule has 0 fully saturated rings. The lowest BCUT2D eigenvalue weighted by Crippen LogP contribution is -2.41. The molecule has 0 saturated carbocycles. The molecule has 0 aliphatic carbocycles. The molecular weight excluding hydrogens is 276 g/mol. The number of aromatic nitrogens is 3. The van der Waals surface area contributed by atoms with Gasteiger partial charge in [0.2, 0.25) is 0 Å². The molecule has 1 heterocycles. The van der Waals surface area contributed by atoms with Gasteiger partial charge in [0.1, 0.15) is 12.7 Å². The summed E-state index contributed by atoms with van der Waals surface area (Å²) in [5, 5.41) is 7.52. The summed E-state index contributed by atoms with van der Waals surface area (Å²) in [6.45, 7) is 4.68. The first-order chi connectivity index (χ1) is 9.58. The maximum Gasteiger partial charge on any atom is 0.253 e. The molecular formula is C14H17ClN4O. The van der Waals surface area contributed by atoms with Crippen LogP contribution in [-0.4, -0.2) is 26.7 Å². The van der Waals surface area contributed by atoms with Crippen molar-refractivity contribution in [2.24, 2.45) is 5.92 Å². The highest BCUT2D eigenvalue weighted by Gasteiger charge is 2.19. The molecule has 1 aromatic heterocycles. The number of hydrogen-bond donors (Lipinski definition) is 1. The standard InChI is InChI=1S/C14H17ClN4O/c1-10(2)13(7-19-9-16-8-17-19)18-14(20)11-5-3-4-6-12(11)15/h3-6,8-10,13H,7H2,1-2H3,(H,18,20)/t13-/m1/s1. The SMILES string of the molecule is CC(C)[C@@H](Cn1cncn1)NC(=O)c1ccccc1Cl. The molecule has 1 atom stereocenters. The van der Waals surface area contributed by atoms with E-state index in [-0.39, 0.29) is 17.9 Å². The summed E-state index contributed by atoms with van der Waals surface area (Å²) in [6, 6.07) is 6.97. The van der Waals surface area contributed by atoms with Crippen LogP contribution in [-0.2, 0) is 6.54 Å². The number of halogens is 1. The van der Waals surface area contributed by atoms with E-state index >= 15 is 0 Å². The van der Waals surface area contributed by atoms with Crippen LogP contribution in [0, 0.1) is 5.92 Å². The fourth-order valence-corrected chi connectivity index (χ4v) is 2.06. The number of benzene rings is 1. The highest BCUT2D eigenvalue weighted by molar-refractivity contribution is 6.33. The first kappa shape index (κ1) is 14.5. The van der Waals surface area contributed by atoms with Gasteiger partial charge in [0.15, 0.2) is 0 Å². The normalized spacial score (nSPS) is 12.4. The molecule has 0 spiro atoms. The molecule has 1 amide bonds. The second-order valence-corrected chi connectivity index (χ2v) is 5.33. The summed E-state index contributed by atoms with van der Waals surface area (Å²) < 4.78 is 1.71. The van der Waals surface area contributed by atoms with Crippen LogP contribution < -0.4 is 5.32 Å². The van der Waals surface area contributed by atoms with E-state index in [1.54, 1.807) is 35.3 Å². The number of rotatable bonds is 5. The Labute approximate surface area is 123 Å². The first-order valence-electron chi connectivity index (χ1n) is 6.45. The molecule has 0 bridgehead atoms. The van der Waals surface area contributed by atoms with Gasteiger partial charge in [0.25, 0.3) is 5.91 Å². The zero-order chi connectivity index (χ0) is 14.5. The Morgan fingerprint density at radius 2 is 2.15 bits per heavy atom. The van der Waals surface area contributed by atoms with Crippen LogP contribution >= 0.6 is 11.6 Å². The summed E-state index contributed by atoms with van der Waals surface area (Å²) >= 11 is 6.04. The largest absolute Gasteiger partial charge is 0.347 e. The summed E-state index contributed by atoms with van der Waals surface area (Å²) in [5.74, 6) is 0.0973. The predicted octanol–water partition coefficient (Wildman–Crippen LogP) is 2.39. The van der Waals surface area contributed by atoms with Crippen molar-refractivity contribution in [3.8, 4) is 0 Å². The summed E-state index contributed by atoms with van der Waals surface area (Å²) in [7, 11) is 0. The van der Waals surface area contributed by atoms with E-state index in [0.29, 0.717) is 17.1 Å². The molecule has 2 aromatic rings. The maximum atomic E-state index is 12.3. The highest BCUT2D eigenvalue weighted by Crippen LogP contribution is 2.15.